The van der Waals surface area contributed by atoms with E-state index >= 15 is 0 Å². The van der Waals surface area contributed by atoms with Crippen LogP contribution in [0.5, 0.6) is 0 Å². The highest BCUT2D eigenvalue weighted by Gasteiger charge is 2.28. The van der Waals surface area contributed by atoms with Gasteiger partial charge in [0, 0.05) is 44.6 Å². The van der Waals surface area contributed by atoms with Gasteiger partial charge >= 0.3 is 0 Å². The summed E-state index contributed by atoms with van der Waals surface area (Å²) in [5, 5.41) is 5.59. The number of hydrogen-bond acceptors (Lipinski definition) is 4. The fourth-order valence-corrected chi connectivity index (χ4v) is 3.99. The predicted octanol–water partition coefficient (Wildman–Crippen LogP) is 1.74. The summed E-state index contributed by atoms with van der Waals surface area (Å²) in [6.07, 6.45) is 2.13. The minimum Gasteiger partial charge on any atom is -0.356 e. The first-order valence-corrected chi connectivity index (χ1v) is 10.4. The third kappa shape index (κ3) is 5.99. The van der Waals surface area contributed by atoms with Gasteiger partial charge < -0.3 is 15.1 Å². The lowest BCUT2D eigenvalue weighted by Crippen LogP contribution is -2.44. The highest BCUT2D eigenvalue weighted by atomic mass is 32.1. The van der Waals surface area contributed by atoms with Crippen LogP contribution in [0.25, 0.3) is 0 Å². The monoisotopic (exact) mass is 379 g/mol. The van der Waals surface area contributed by atoms with Crippen molar-refractivity contribution in [1.82, 2.24) is 20.0 Å². The van der Waals surface area contributed by atoms with E-state index in [1.165, 1.54) is 4.88 Å². The molecule has 1 aromatic heterocycles. The van der Waals surface area contributed by atoms with Crippen LogP contribution in [0.15, 0.2) is 22.5 Å². The maximum atomic E-state index is 12.0. The minimum absolute atomic E-state index is 0.0297. The molecular formula is C19H33N5OS. The van der Waals surface area contributed by atoms with Gasteiger partial charge in [-0.05, 0) is 37.4 Å². The van der Waals surface area contributed by atoms with Gasteiger partial charge in [-0.25, -0.2) is 4.99 Å². The Morgan fingerprint density at radius 3 is 2.77 bits per heavy atom. The van der Waals surface area contributed by atoms with Crippen molar-refractivity contribution in [3.8, 4) is 0 Å². The number of aliphatic imine (C=N–C) groups is 1. The largest absolute Gasteiger partial charge is 0.356 e. The van der Waals surface area contributed by atoms with Crippen molar-refractivity contribution >= 4 is 23.2 Å². The number of guanidine groups is 1. The van der Waals surface area contributed by atoms with Crippen molar-refractivity contribution in [3.05, 3.63) is 22.4 Å². The molecule has 26 heavy (non-hydrogen) atoms. The third-order valence-electron chi connectivity index (χ3n) is 4.89. The van der Waals surface area contributed by atoms with E-state index in [-0.39, 0.29) is 12.5 Å². The van der Waals surface area contributed by atoms with Crippen LogP contribution in [-0.2, 0) is 11.2 Å². The number of likely N-dealkylation sites (N-methyl/N-ethyl adjacent to an activating group) is 2. The molecule has 1 unspecified atom stereocenters. The Balaban J connectivity index is 1.97. The normalized spacial score (nSPS) is 17.8. The lowest BCUT2D eigenvalue weighted by molar-refractivity contribution is -0.127. The molecule has 1 amide bonds. The van der Waals surface area contributed by atoms with Gasteiger partial charge in [0.05, 0.1) is 0 Å². The second-order valence-corrected chi connectivity index (χ2v) is 7.83. The third-order valence-corrected chi connectivity index (χ3v) is 5.83. The van der Waals surface area contributed by atoms with Gasteiger partial charge in [0.1, 0.15) is 6.54 Å². The molecule has 0 aliphatic carbocycles. The summed E-state index contributed by atoms with van der Waals surface area (Å²) in [6.45, 7) is 9.58. The molecule has 0 bridgehead atoms. The number of thiophene rings is 1. The molecule has 146 valence electrons. The van der Waals surface area contributed by atoms with E-state index in [1.54, 1.807) is 30.3 Å². The molecule has 1 atom stereocenters. The average Bonchev–Trinajstić information content (AvgIpc) is 3.30. The van der Waals surface area contributed by atoms with Gasteiger partial charge in [-0.2, -0.15) is 0 Å². The van der Waals surface area contributed by atoms with E-state index in [2.05, 4.69) is 51.5 Å². The van der Waals surface area contributed by atoms with Crippen molar-refractivity contribution in [1.29, 1.82) is 0 Å². The maximum Gasteiger partial charge on any atom is 0.243 e. The first-order chi connectivity index (χ1) is 12.5. The molecule has 0 saturated carbocycles. The molecular weight excluding hydrogens is 346 g/mol. The lowest BCUT2D eigenvalue weighted by atomic mass is 10.2. The second kappa shape index (κ2) is 10.5. The van der Waals surface area contributed by atoms with Gasteiger partial charge in [-0.3, -0.25) is 9.69 Å². The molecule has 0 spiro atoms. The van der Waals surface area contributed by atoms with Crippen molar-refractivity contribution in [2.24, 2.45) is 4.99 Å². The van der Waals surface area contributed by atoms with Gasteiger partial charge in [0.25, 0.3) is 0 Å². The summed E-state index contributed by atoms with van der Waals surface area (Å²) in [5.74, 6) is 0.897. The number of amides is 1. The van der Waals surface area contributed by atoms with Crippen molar-refractivity contribution < 1.29 is 4.79 Å². The summed E-state index contributed by atoms with van der Waals surface area (Å²) >= 11 is 1.78. The van der Waals surface area contributed by atoms with Gasteiger partial charge in [-0.1, -0.05) is 19.9 Å². The Morgan fingerprint density at radius 1 is 1.38 bits per heavy atom. The van der Waals surface area contributed by atoms with E-state index in [0.29, 0.717) is 6.04 Å². The Hall–Kier alpha value is -1.60. The van der Waals surface area contributed by atoms with E-state index < -0.39 is 0 Å². The van der Waals surface area contributed by atoms with Crippen LogP contribution in [0, 0.1) is 0 Å². The molecule has 6 nitrogen and oxygen atoms in total. The number of carbonyl (C=O) groups excluding carboxylic acids is 1. The number of carbonyl (C=O) groups is 1. The summed E-state index contributed by atoms with van der Waals surface area (Å²) in [6, 6.07) is 4.81. The minimum atomic E-state index is 0.0297. The van der Waals surface area contributed by atoms with Crippen molar-refractivity contribution in [2.75, 3.05) is 53.4 Å². The van der Waals surface area contributed by atoms with Crippen LogP contribution < -0.4 is 5.32 Å². The highest BCUT2D eigenvalue weighted by molar-refractivity contribution is 7.09. The van der Waals surface area contributed by atoms with E-state index in [9.17, 15) is 4.79 Å². The first-order valence-electron chi connectivity index (χ1n) is 9.55. The fraction of sp³-hybridized carbons (Fsp3) is 0.684. The van der Waals surface area contributed by atoms with Crippen LogP contribution >= 0.6 is 11.3 Å². The van der Waals surface area contributed by atoms with Crippen LogP contribution in [0.1, 0.15) is 25.1 Å². The van der Waals surface area contributed by atoms with Crippen LogP contribution in [0.4, 0.5) is 0 Å². The van der Waals surface area contributed by atoms with Crippen LogP contribution in [0.2, 0.25) is 0 Å². The molecule has 2 rings (SSSR count). The molecule has 1 N–H and O–H groups in total. The zero-order chi connectivity index (χ0) is 18.9. The number of rotatable bonds is 8. The SMILES string of the molecule is CCN(CC)C1CCN(C(=NCC(=O)N(C)C)NCCc2cccs2)C1. The predicted molar refractivity (Wildman–Crippen MR) is 110 cm³/mol. The molecule has 1 aliphatic rings. The Morgan fingerprint density at radius 2 is 2.15 bits per heavy atom. The molecule has 1 aromatic rings. The quantitative estimate of drug-likeness (QED) is 0.552. The van der Waals surface area contributed by atoms with Crippen LogP contribution in [-0.4, -0.2) is 86.0 Å². The van der Waals surface area contributed by atoms with Crippen molar-refractivity contribution in [3.63, 3.8) is 0 Å². The molecule has 7 heteroatoms. The van der Waals surface area contributed by atoms with Gasteiger partial charge in [0.2, 0.25) is 5.91 Å². The topological polar surface area (TPSA) is 51.2 Å². The molecule has 1 fully saturated rings. The number of hydrogen-bond donors (Lipinski definition) is 1. The number of likely N-dealkylation sites (tertiary alicyclic amines) is 1. The zero-order valence-electron chi connectivity index (χ0n) is 16.6. The Kier molecular flexibility index (Phi) is 8.38. The van der Waals surface area contributed by atoms with E-state index in [4.69, 9.17) is 0 Å². The van der Waals surface area contributed by atoms with Gasteiger partial charge in [0.15, 0.2) is 5.96 Å². The number of nitrogens with one attached hydrogen (secondary N) is 1. The first kappa shape index (κ1) is 20.7. The molecule has 1 aliphatic heterocycles. The lowest BCUT2D eigenvalue weighted by Gasteiger charge is -2.27. The Bertz CT molecular complexity index is 568. The number of nitrogens with zero attached hydrogens (tertiary/aromatic N) is 4. The average molecular weight is 380 g/mol. The molecule has 0 radical (unpaired) electrons. The fourth-order valence-electron chi connectivity index (χ4n) is 3.28. The van der Waals surface area contributed by atoms with Crippen LogP contribution in [0.3, 0.4) is 0 Å². The molecule has 1 saturated heterocycles. The van der Waals surface area contributed by atoms with E-state index in [1.807, 2.05) is 0 Å². The Labute approximate surface area is 161 Å². The van der Waals surface area contributed by atoms with Crippen molar-refractivity contribution in [2.45, 2.75) is 32.7 Å². The summed E-state index contributed by atoms with van der Waals surface area (Å²) < 4.78 is 0. The summed E-state index contributed by atoms with van der Waals surface area (Å²) in [5.41, 5.74) is 0. The molecule has 0 aromatic carbocycles. The molecule has 2 heterocycles. The van der Waals surface area contributed by atoms with Gasteiger partial charge in [-0.15, -0.1) is 11.3 Å². The highest BCUT2D eigenvalue weighted by Crippen LogP contribution is 2.16. The van der Waals surface area contributed by atoms with E-state index in [0.717, 1.165) is 51.5 Å². The maximum absolute atomic E-state index is 12.0. The standard InChI is InChI=1S/C19H33N5OS/c1-5-23(6-2)16-10-12-24(15-16)19(21-14-18(25)22(3)4)20-11-9-17-8-7-13-26-17/h7-8,13,16H,5-6,9-12,14-15H2,1-4H3,(H,20,21). The summed E-state index contributed by atoms with van der Waals surface area (Å²) in [4.78, 5) is 24.3. The smallest absolute Gasteiger partial charge is 0.243 e. The second-order valence-electron chi connectivity index (χ2n) is 6.79. The zero-order valence-corrected chi connectivity index (χ0v) is 17.4. The summed E-state index contributed by atoms with van der Waals surface area (Å²) in [7, 11) is 3.54.